The Kier molecular flexibility index (Phi) is 2.70. The topological polar surface area (TPSA) is 33.0 Å². The lowest BCUT2D eigenvalue weighted by Crippen LogP contribution is -2.19. The molecule has 6 heteroatoms. The van der Waals surface area contributed by atoms with Crippen LogP contribution in [0.2, 0.25) is 0 Å². The van der Waals surface area contributed by atoms with Gasteiger partial charge in [0, 0.05) is 0 Å². The quantitative estimate of drug-likeness (QED) is 0.624. The summed E-state index contributed by atoms with van der Waals surface area (Å²) in [6.45, 7) is 0. The van der Waals surface area contributed by atoms with Crippen LogP contribution in [0.3, 0.4) is 0 Å². The Hall–Kier alpha value is -1.64. The third-order valence-electron chi connectivity index (χ3n) is 1.48. The zero-order valence-electron chi connectivity index (χ0n) is 7.22. The molecule has 1 rings (SSSR count). The maximum absolute atomic E-state index is 11.9. The van der Waals surface area contributed by atoms with Gasteiger partial charge < -0.3 is 4.74 Å². The van der Waals surface area contributed by atoms with E-state index in [0.717, 1.165) is 0 Å². The number of hydrogen-bond donors (Lipinski definition) is 0. The summed E-state index contributed by atoms with van der Waals surface area (Å²) in [4.78, 5) is 0. The number of hydrogen-bond acceptors (Lipinski definition) is 2. The van der Waals surface area contributed by atoms with Crippen molar-refractivity contribution in [2.75, 3.05) is 0 Å². The smallest absolute Gasteiger partial charge is 0.404 e. The second-order valence-electron chi connectivity index (χ2n) is 2.66. The van der Waals surface area contributed by atoms with E-state index in [1.807, 2.05) is 0 Å². The molecule has 1 aromatic rings. The Morgan fingerprint density at radius 3 is 2.50 bits per heavy atom. The van der Waals surface area contributed by atoms with E-state index in [4.69, 9.17) is 5.26 Å². The van der Waals surface area contributed by atoms with Gasteiger partial charge in [-0.1, -0.05) is 11.5 Å². The maximum atomic E-state index is 11.9. The summed E-state index contributed by atoms with van der Waals surface area (Å²) in [5, 5.41) is 8.51. The molecule has 0 spiro atoms. The van der Waals surface area contributed by atoms with Gasteiger partial charge in [0.1, 0.15) is 19.7 Å². The van der Waals surface area contributed by atoms with Gasteiger partial charge in [-0.25, -0.2) is 0 Å². The van der Waals surface area contributed by atoms with Crippen molar-refractivity contribution in [3.63, 3.8) is 0 Å². The molecule has 0 fully saturated rings. The molecule has 72 valence electrons. The van der Waals surface area contributed by atoms with Crippen molar-refractivity contribution in [2.45, 2.75) is 6.36 Å². The Balaban J connectivity index is 3.07. The largest absolute Gasteiger partial charge is 0.573 e. The number of nitrogens with zero attached hydrogens (tertiary/aromatic N) is 1. The van der Waals surface area contributed by atoms with Crippen LogP contribution in [0.25, 0.3) is 0 Å². The number of halogens is 3. The van der Waals surface area contributed by atoms with Crippen molar-refractivity contribution in [1.29, 1.82) is 5.26 Å². The Morgan fingerprint density at radius 2 is 2.00 bits per heavy atom. The first-order chi connectivity index (χ1) is 6.42. The van der Waals surface area contributed by atoms with E-state index in [0.29, 0.717) is 5.46 Å². The molecule has 0 aliphatic carbocycles. The van der Waals surface area contributed by atoms with Crippen LogP contribution in [-0.4, -0.2) is 14.2 Å². The van der Waals surface area contributed by atoms with E-state index in [-0.39, 0.29) is 5.56 Å². The highest BCUT2D eigenvalue weighted by molar-refractivity contribution is 6.32. The molecule has 0 aliphatic heterocycles. The molecule has 1 aromatic carbocycles. The molecule has 0 radical (unpaired) electrons. The monoisotopic (exact) mass is 199 g/mol. The lowest BCUT2D eigenvalue weighted by Gasteiger charge is -2.10. The number of benzene rings is 1. The molecule has 0 unspecified atom stereocenters. The highest BCUT2D eigenvalue weighted by atomic mass is 19.4. The molecule has 0 heterocycles. The summed E-state index contributed by atoms with van der Waals surface area (Å²) >= 11 is 0. The average molecular weight is 199 g/mol. The summed E-state index contributed by atoms with van der Waals surface area (Å²) < 4.78 is 39.3. The van der Waals surface area contributed by atoms with Crippen LogP contribution >= 0.6 is 0 Å². The van der Waals surface area contributed by atoms with Crippen LogP contribution in [-0.2, 0) is 0 Å². The molecule has 0 saturated carbocycles. The molecule has 0 aromatic heterocycles. The fraction of sp³-hybridized carbons (Fsp3) is 0.125. The average Bonchev–Trinajstić information content (AvgIpc) is 2.01. The van der Waals surface area contributed by atoms with Gasteiger partial charge in [0.15, 0.2) is 0 Å². The second-order valence-corrected chi connectivity index (χ2v) is 2.66. The van der Waals surface area contributed by atoms with Crippen molar-refractivity contribution in [3.05, 3.63) is 23.8 Å². The SMILES string of the molecule is Bc1ccc(C#N)c(OC(F)(F)F)c1. The van der Waals surface area contributed by atoms with Gasteiger partial charge in [0.2, 0.25) is 0 Å². The molecule has 0 bridgehead atoms. The number of nitriles is 1. The minimum absolute atomic E-state index is 0.132. The fourth-order valence-electron chi connectivity index (χ4n) is 0.931. The standard InChI is InChI=1S/C8H5BF3NO/c9-6-2-1-5(4-13)7(3-6)14-8(10,11)12/h1-3H,9H2. The van der Waals surface area contributed by atoms with E-state index in [1.165, 1.54) is 12.1 Å². The van der Waals surface area contributed by atoms with Crippen molar-refractivity contribution < 1.29 is 17.9 Å². The van der Waals surface area contributed by atoms with E-state index in [1.54, 1.807) is 20.0 Å². The van der Waals surface area contributed by atoms with E-state index >= 15 is 0 Å². The molecule has 0 N–H and O–H groups in total. The Morgan fingerprint density at radius 1 is 1.36 bits per heavy atom. The fourth-order valence-corrected chi connectivity index (χ4v) is 0.931. The predicted molar refractivity (Wildman–Crippen MR) is 46.0 cm³/mol. The lowest BCUT2D eigenvalue weighted by atomic mass is 9.95. The third kappa shape index (κ3) is 2.70. The van der Waals surface area contributed by atoms with Crippen molar-refractivity contribution in [1.82, 2.24) is 0 Å². The summed E-state index contributed by atoms with van der Waals surface area (Å²) in [5.74, 6) is -0.458. The lowest BCUT2D eigenvalue weighted by molar-refractivity contribution is -0.274. The highest BCUT2D eigenvalue weighted by Crippen LogP contribution is 2.24. The van der Waals surface area contributed by atoms with Crippen molar-refractivity contribution in [3.8, 4) is 11.8 Å². The van der Waals surface area contributed by atoms with Gasteiger partial charge in [-0.15, -0.1) is 13.2 Å². The number of ether oxygens (including phenoxy) is 1. The second kappa shape index (κ2) is 3.62. The third-order valence-corrected chi connectivity index (χ3v) is 1.48. The van der Waals surface area contributed by atoms with E-state index < -0.39 is 12.1 Å². The predicted octanol–water partition coefficient (Wildman–Crippen LogP) is 0.715. The van der Waals surface area contributed by atoms with E-state index in [2.05, 4.69) is 4.74 Å². The number of alkyl halides is 3. The van der Waals surface area contributed by atoms with E-state index in [9.17, 15) is 13.2 Å². The van der Waals surface area contributed by atoms with Crippen LogP contribution < -0.4 is 10.2 Å². The van der Waals surface area contributed by atoms with Crippen LogP contribution in [0.1, 0.15) is 5.56 Å². The molecule has 14 heavy (non-hydrogen) atoms. The minimum atomic E-state index is -4.76. The summed E-state index contributed by atoms with van der Waals surface area (Å²) in [6.07, 6.45) is -4.76. The van der Waals surface area contributed by atoms with Gasteiger partial charge in [-0.2, -0.15) is 5.26 Å². The number of rotatable bonds is 1. The van der Waals surface area contributed by atoms with Gasteiger partial charge in [0.25, 0.3) is 0 Å². The normalized spacial score (nSPS) is 10.7. The molecule has 0 saturated heterocycles. The molecular formula is C8H5BF3NO. The molecule has 0 aliphatic rings. The van der Waals surface area contributed by atoms with Gasteiger partial charge >= 0.3 is 6.36 Å². The Bertz CT molecular complexity index is 383. The summed E-state index contributed by atoms with van der Waals surface area (Å²) in [5.41, 5.74) is 0.469. The zero-order chi connectivity index (χ0) is 10.8. The van der Waals surface area contributed by atoms with Gasteiger partial charge in [-0.05, 0) is 12.1 Å². The van der Waals surface area contributed by atoms with Crippen LogP contribution in [0.4, 0.5) is 13.2 Å². The van der Waals surface area contributed by atoms with Crippen molar-refractivity contribution in [2.24, 2.45) is 0 Å². The van der Waals surface area contributed by atoms with Crippen LogP contribution in [0, 0.1) is 11.3 Å². The maximum Gasteiger partial charge on any atom is 0.573 e. The first kappa shape index (κ1) is 10.4. The first-order valence-corrected chi connectivity index (χ1v) is 3.69. The molecular weight excluding hydrogens is 194 g/mol. The highest BCUT2D eigenvalue weighted by Gasteiger charge is 2.32. The Labute approximate surface area is 79.3 Å². The minimum Gasteiger partial charge on any atom is -0.404 e. The molecule has 0 amide bonds. The molecule has 2 nitrogen and oxygen atoms in total. The van der Waals surface area contributed by atoms with Crippen LogP contribution in [0.5, 0.6) is 5.75 Å². The van der Waals surface area contributed by atoms with Gasteiger partial charge in [0.05, 0.1) is 5.56 Å². The zero-order valence-corrected chi connectivity index (χ0v) is 7.22. The van der Waals surface area contributed by atoms with Crippen molar-refractivity contribution >= 4 is 13.3 Å². The summed E-state index contributed by atoms with van der Waals surface area (Å²) in [6, 6.07) is 5.62. The first-order valence-electron chi connectivity index (χ1n) is 3.69. The summed E-state index contributed by atoms with van der Waals surface area (Å²) in [7, 11) is 1.62. The van der Waals surface area contributed by atoms with Crippen LogP contribution in [0.15, 0.2) is 18.2 Å². The molecule has 0 atom stereocenters. The van der Waals surface area contributed by atoms with Gasteiger partial charge in [-0.3, -0.25) is 0 Å².